The molecule has 2 nitrogen and oxygen atoms in total. The van der Waals surface area contributed by atoms with Gasteiger partial charge in [-0.25, -0.2) is 0 Å². The van der Waals surface area contributed by atoms with E-state index in [9.17, 15) is 4.79 Å². The van der Waals surface area contributed by atoms with Gasteiger partial charge in [-0.2, -0.15) is 0 Å². The molecule has 0 aromatic heterocycles. The van der Waals surface area contributed by atoms with Crippen molar-refractivity contribution in [3.63, 3.8) is 0 Å². The predicted molar refractivity (Wildman–Crippen MR) is 50.5 cm³/mol. The van der Waals surface area contributed by atoms with E-state index in [0.717, 1.165) is 0 Å². The molecule has 0 spiro atoms. The lowest BCUT2D eigenvalue weighted by atomic mass is 9.84. The van der Waals surface area contributed by atoms with Gasteiger partial charge in [-0.05, 0) is 32.6 Å². The summed E-state index contributed by atoms with van der Waals surface area (Å²) in [6.45, 7) is 4.45. The van der Waals surface area contributed by atoms with E-state index in [0.29, 0.717) is 18.3 Å². The molecule has 2 heteroatoms. The topological polar surface area (TPSA) is 26.3 Å². The maximum atomic E-state index is 11.9. The molecule has 0 bridgehead atoms. The van der Waals surface area contributed by atoms with Crippen molar-refractivity contribution in [2.75, 3.05) is 6.61 Å². The summed E-state index contributed by atoms with van der Waals surface area (Å²) in [4.78, 5) is 11.9. The van der Waals surface area contributed by atoms with Gasteiger partial charge in [0.15, 0.2) is 5.78 Å². The van der Waals surface area contributed by atoms with Gasteiger partial charge < -0.3 is 4.74 Å². The van der Waals surface area contributed by atoms with E-state index in [1.54, 1.807) is 0 Å². The van der Waals surface area contributed by atoms with Crippen LogP contribution in [0.1, 0.15) is 39.5 Å². The lowest BCUT2D eigenvalue weighted by molar-refractivity contribution is -0.130. The number of carbonyl (C=O) groups excluding carboxylic acids is 1. The molecule has 2 aliphatic rings. The lowest BCUT2D eigenvalue weighted by Gasteiger charge is -2.17. The number of carbonyl (C=O) groups is 1. The summed E-state index contributed by atoms with van der Waals surface area (Å²) in [5.41, 5.74) is -0.507. The zero-order valence-corrected chi connectivity index (χ0v) is 8.51. The first-order valence-electron chi connectivity index (χ1n) is 5.29. The normalized spacial score (nSPS) is 34.3. The Morgan fingerprint density at radius 2 is 1.92 bits per heavy atom. The number of hydrogen-bond donors (Lipinski definition) is 0. The van der Waals surface area contributed by atoms with Crippen LogP contribution in [0, 0.1) is 11.8 Å². The number of ketones is 1. The van der Waals surface area contributed by atoms with Crippen molar-refractivity contribution in [2.45, 2.75) is 45.1 Å². The summed E-state index contributed by atoms with van der Waals surface area (Å²) in [7, 11) is 0. The van der Waals surface area contributed by atoms with E-state index < -0.39 is 5.60 Å². The Kier molecular flexibility index (Phi) is 2.18. The second-order valence-corrected chi connectivity index (χ2v) is 4.84. The highest BCUT2D eigenvalue weighted by Crippen LogP contribution is 2.38. The van der Waals surface area contributed by atoms with Crippen molar-refractivity contribution in [1.82, 2.24) is 0 Å². The highest BCUT2D eigenvalue weighted by Gasteiger charge is 2.45. The van der Waals surface area contributed by atoms with E-state index in [4.69, 9.17) is 4.74 Å². The molecule has 1 unspecified atom stereocenters. The smallest absolute Gasteiger partial charge is 0.169 e. The Balaban J connectivity index is 2.06. The maximum absolute atomic E-state index is 11.9. The first-order valence-corrected chi connectivity index (χ1v) is 5.29. The summed E-state index contributed by atoms with van der Waals surface area (Å²) in [5, 5.41) is 0. The van der Waals surface area contributed by atoms with Crippen LogP contribution in [0.5, 0.6) is 0 Å². The predicted octanol–water partition coefficient (Wildman–Crippen LogP) is 2.17. The molecule has 0 N–H and O–H groups in total. The first-order chi connectivity index (χ1) is 6.11. The van der Waals surface area contributed by atoms with Crippen LogP contribution in [0.4, 0.5) is 0 Å². The number of rotatable bonds is 1. The van der Waals surface area contributed by atoms with Crippen LogP contribution in [-0.2, 0) is 9.53 Å². The van der Waals surface area contributed by atoms with Gasteiger partial charge in [-0.15, -0.1) is 0 Å². The molecule has 13 heavy (non-hydrogen) atoms. The van der Waals surface area contributed by atoms with E-state index in [1.807, 2.05) is 13.8 Å². The molecule has 0 radical (unpaired) electrons. The molecule has 0 amide bonds. The number of ether oxygens (including phenoxy) is 1. The lowest BCUT2D eigenvalue weighted by Crippen LogP contribution is -2.32. The van der Waals surface area contributed by atoms with E-state index >= 15 is 0 Å². The van der Waals surface area contributed by atoms with Gasteiger partial charge in [-0.3, -0.25) is 4.79 Å². The quantitative estimate of drug-likeness (QED) is 0.621. The van der Waals surface area contributed by atoms with Crippen LogP contribution in [0.3, 0.4) is 0 Å². The molecule has 1 saturated carbocycles. The third-order valence-corrected chi connectivity index (χ3v) is 3.52. The van der Waals surface area contributed by atoms with Gasteiger partial charge in [-0.1, -0.05) is 12.8 Å². The van der Waals surface area contributed by atoms with Crippen molar-refractivity contribution in [2.24, 2.45) is 11.8 Å². The first kappa shape index (κ1) is 9.20. The van der Waals surface area contributed by atoms with Crippen LogP contribution >= 0.6 is 0 Å². The average Bonchev–Trinajstić information content (AvgIpc) is 2.63. The van der Waals surface area contributed by atoms with Crippen LogP contribution < -0.4 is 0 Å². The molecule has 1 aliphatic carbocycles. The van der Waals surface area contributed by atoms with Crippen molar-refractivity contribution < 1.29 is 9.53 Å². The van der Waals surface area contributed by atoms with Gasteiger partial charge in [0.1, 0.15) is 5.60 Å². The van der Waals surface area contributed by atoms with Crippen molar-refractivity contribution in [3.05, 3.63) is 0 Å². The molecule has 74 valence electrons. The van der Waals surface area contributed by atoms with Crippen molar-refractivity contribution in [3.8, 4) is 0 Å². The minimum Gasteiger partial charge on any atom is -0.367 e. The molecular weight excluding hydrogens is 164 g/mol. The average molecular weight is 182 g/mol. The van der Waals surface area contributed by atoms with E-state index in [1.165, 1.54) is 25.7 Å². The number of Topliss-reactive ketones (excluding diaryl/α,β-unsaturated/α-hetero) is 1. The Labute approximate surface area is 79.7 Å². The van der Waals surface area contributed by atoms with E-state index in [-0.39, 0.29) is 5.92 Å². The summed E-state index contributed by atoms with van der Waals surface area (Å²) in [6.07, 6.45) is 5.06. The molecule has 2 rings (SSSR count). The Morgan fingerprint density at radius 1 is 1.31 bits per heavy atom. The van der Waals surface area contributed by atoms with Crippen LogP contribution in [0.25, 0.3) is 0 Å². The fourth-order valence-electron chi connectivity index (χ4n) is 2.60. The van der Waals surface area contributed by atoms with E-state index in [2.05, 4.69) is 0 Å². The third-order valence-electron chi connectivity index (χ3n) is 3.52. The van der Waals surface area contributed by atoms with Gasteiger partial charge in [0.2, 0.25) is 0 Å². The van der Waals surface area contributed by atoms with Gasteiger partial charge >= 0.3 is 0 Å². The van der Waals surface area contributed by atoms with Crippen molar-refractivity contribution >= 4 is 5.78 Å². The monoisotopic (exact) mass is 182 g/mol. The largest absolute Gasteiger partial charge is 0.367 e. The maximum Gasteiger partial charge on any atom is 0.169 e. The molecular formula is C11H18O2. The van der Waals surface area contributed by atoms with Crippen LogP contribution in [-0.4, -0.2) is 18.0 Å². The molecule has 1 aliphatic heterocycles. The highest BCUT2D eigenvalue weighted by atomic mass is 16.5. The summed E-state index contributed by atoms with van der Waals surface area (Å²) >= 11 is 0. The second-order valence-electron chi connectivity index (χ2n) is 4.84. The standard InChI is InChI=1S/C11H18O2/c1-11(2)10(12)9(7-13-11)8-5-3-4-6-8/h8-9H,3-7H2,1-2H3. The summed E-state index contributed by atoms with van der Waals surface area (Å²) < 4.78 is 5.53. The van der Waals surface area contributed by atoms with Gasteiger partial charge in [0.25, 0.3) is 0 Å². The molecule has 1 atom stereocenters. The number of hydrogen-bond acceptors (Lipinski definition) is 2. The van der Waals surface area contributed by atoms with Crippen molar-refractivity contribution in [1.29, 1.82) is 0 Å². The minimum absolute atomic E-state index is 0.206. The zero-order chi connectivity index (χ0) is 9.47. The Bertz CT molecular complexity index is 214. The SMILES string of the molecule is CC1(C)OCC(C2CCCC2)C1=O. The summed E-state index contributed by atoms with van der Waals surface area (Å²) in [6, 6.07) is 0. The molecule has 1 heterocycles. The fourth-order valence-corrected chi connectivity index (χ4v) is 2.60. The molecule has 0 aromatic rings. The Hall–Kier alpha value is -0.370. The highest BCUT2D eigenvalue weighted by molar-refractivity contribution is 5.90. The fraction of sp³-hybridized carbons (Fsp3) is 0.909. The molecule has 1 saturated heterocycles. The molecule has 2 fully saturated rings. The van der Waals surface area contributed by atoms with Gasteiger partial charge in [0, 0.05) is 5.92 Å². The summed E-state index contributed by atoms with van der Waals surface area (Å²) in [5.74, 6) is 1.16. The van der Waals surface area contributed by atoms with Crippen LogP contribution in [0.2, 0.25) is 0 Å². The zero-order valence-electron chi connectivity index (χ0n) is 8.51. The minimum atomic E-state index is -0.507. The van der Waals surface area contributed by atoms with Crippen LogP contribution in [0.15, 0.2) is 0 Å². The molecule has 0 aromatic carbocycles. The van der Waals surface area contributed by atoms with Gasteiger partial charge in [0.05, 0.1) is 6.61 Å². The third kappa shape index (κ3) is 1.52. The Morgan fingerprint density at radius 3 is 2.38 bits per heavy atom. The second kappa shape index (κ2) is 3.09.